The molecule has 0 spiro atoms. The Morgan fingerprint density at radius 2 is 2.15 bits per heavy atom. The van der Waals surface area contributed by atoms with Gasteiger partial charge in [0.25, 0.3) is 0 Å². The minimum atomic E-state index is -0.909. The first-order chi connectivity index (χ1) is 9.49. The van der Waals surface area contributed by atoms with Crippen molar-refractivity contribution in [2.75, 3.05) is 0 Å². The molecule has 6 heteroatoms. The predicted molar refractivity (Wildman–Crippen MR) is 74.9 cm³/mol. The van der Waals surface area contributed by atoms with Gasteiger partial charge in [0.1, 0.15) is 18.0 Å². The fourth-order valence-corrected chi connectivity index (χ4v) is 2.26. The average molecular weight is 298 g/mol. The van der Waals surface area contributed by atoms with Crippen molar-refractivity contribution >= 4 is 11.6 Å². The molecule has 1 N–H and O–H groups in total. The lowest BCUT2D eigenvalue weighted by Crippen LogP contribution is -2.13. The van der Waals surface area contributed by atoms with Gasteiger partial charge in [-0.15, -0.1) is 0 Å². The first kappa shape index (κ1) is 14.9. The minimum Gasteiger partial charge on any atom is -0.388 e. The molecule has 2 rings (SSSR count). The zero-order chi connectivity index (χ0) is 14.7. The number of benzene rings is 1. The molecule has 108 valence electrons. The third kappa shape index (κ3) is 3.35. The van der Waals surface area contributed by atoms with Crippen LogP contribution in [-0.4, -0.2) is 19.9 Å². The second kappa shape index (κ2) is 6.33. The second-order valence-corrected chi connectivity index (χ2v) is 5.49. The number of aromatic nitrogens is 3. The van der Waals surface area contributed by atoms with E-state index in [4.69, 9.17) is 11.6 Å². The summed E-state index contributed by atoms with van der Waals surface area (Å²) in [6.07, 6.45) is 0.793. The molecule has 1 heterocycles. The van der Waals surface area contributed by atoms with Crippen molar-refractivity contribution in [2.45, 2.75) is 32.9 Å². The molecule has 4 nitrogen and oxygen atoms in total. The molecule has 1 atom stereocenters. The molecule has 0 aliphatic heterocycles. The van der Waals surface area contributed by atoms with Gasteiger partial charge >= 0.3 is 0 Å². The maximum atomic E-state index is 13.4. The molecule has 1 aromatic carbocycles. The monoisotopic (exact) mass is 297 g/mol. The molecule has 1 aromatic heterocycles. The van der Waals surface area contributed by atoms with Crippen LogP contribution >= 0.6 is 11.6 Å². The molecule has 0 fully saturated rings. The van der Waals surface area contributed by atoms with Crippen LogP contribution in [0.5, 0.6) is 0 Å². The van der Waals surface area contributed by atoms with Crippen molar-refractivity contribution in [3.05, 3.63) is 46.8 Å². The summed E-state index contributed by atoms with van der Waals surface area (Å²) in [4.78, 5) is 4.14. The van der Waals surface area contributed by atoms with Gasteiger partial charge in [0.15, 0.2) is 0 Å². The van der Waals surface area contributed by atoms with Crippen LogP contribution in [0.15, 0.2) is 24.5 Å². The maximum absolute atomic E-state index is 13.4. The molecule has 0 radical (unpaired) electrons. The summed E-state index contributed by atoms with van der Waals surface area (Å²) >= 11 is 5.87. The van der Waals surface area contributed by atoms with Gasteiger partial charge in [0.05, 0.1) is 11.1 Å². The zero-order valence-electron chi connectivity index (χ0n) is 11.4. The normalized spacial score (nSPS) is 12.9. The van der Waals surface area contributed by atoms with Crippen molar-refractivity contribution in [1.29, 1.82) is 0 Å². The number of aliphatic hydroxyl groups is 1. The highest BCUT2D eigenvalue weighted by atomic mass is 35.5. The Morgan fingerprint density at radius 1 is 1.40 bits per heavy atom. The quantitative estimate of drug-likeness (QED) is 0.923. The van der Waals surface area contributed by atoms with E-state index in [1.807, 2.05) is 0 Å². The summed E-state index contributed by atoms with van der Waals surface area (Å²) in [5.41, 5.74) is 0.366. The largest absolute Gasteiger partial charge is 0.388 e. The van der Waals surface area contributed by atoms with E-state index < -0.39 is 11.9 Å². The average Bonchev–Trinajstić information content (AvgIpc) is 2.79. The molecular formula is C14H17ClFN3O. The maximum Gasteiger partial charge on any atom is 0.142 e. The lowest BCUT2D eigenvalue weighted by Gasteiger charge is -2.14. The highest BCUT2D eigenvalue weighted by Crippen LogP contribution is 2.27. The molecule has 0 aliphatic carbocycles. The molecule has 1 unspecified atom stereocenters. The summed E-state index contributed by atoms with van der Waals surface area (Å²) in [7, 11) is 0. The molecular weight excluding hydrogens is 281 g/mol. The molecule has 0 aliphatic rings. The number of nitrogens with zero attached hydrogens (tertiary/aromatic N) is 3. The van der Waals surface area contributed by atoms with Gasteiger partial charge in [-0.3, -0.25) is 0 Å². The van der Waals surface area contributed by atoms with Crippen LogP contribution < -0.4 is 0 Å². The number of aliphatic hydroxyl groups excluding tert-OH is 1. The fourth-order valence-electron chi connectivity index (χ4n) is 2.01. The third-order valence-corrected chi connectivity index (χ3v) is 3.35. The third-order valence-electron chi connectivity index (χ3n) is 2.95. The summed E-state index contributed by atoms with van der Waals surface area (Å²) in [5, 5.41) is 14.3. The van der Waals surface area contributed by atoms with E-state index in [1.165, 1.54) is 18.5 Å². The summed E-state index contributed by atoms with van der Waals surface area (Å²) in [6, 6.07) is 4.40. The van der Waals surface area contributed by atoms with Crippen LogP contribution in [0.1, 0.15) is 31.3 Å². The highest BCUT2D eigenvalue weighted by Gasteiger charge is 2.18. The van der Waals surface area contributed by atoms with E-state index in [-0.39, 0.29) is 11.4 Å². The highest BCUT2D eigenvalue weighted by molar-refractivity contribution is 6.31. The van der Waals surface area contributed by atoms with Crippen LogP contribution in [0.25, 0.3) is 0 Å². The standard InChI is InChI=1S/C14H17ClFN3O/c1-9(2)7-19-13(17-8-18-19)6-12(20)10-4-3-5-11(16)14(10)15/h3-5,8-9,12,20H,6-7H2,1-2H3. The Kier molecular flexibility index (Phi) is 4.73. The number of hydrogen-bond donors (Lipinski definition) is 1. The van der Waals surface area contributed by atoms with E-state index in [2.05, 4.69) is 23.9 Å². The molecule has 0 saturated heterocycles. The topological polar surface area (TPSA) is 50.9 Å². The van der Waals surface area contributed by atoms with E-state index in [1.54, 1.807) is 10.7 Å². The van der Waals surface area contributed by atoms with E-state index >= 15 is 0 Å². The summed E-state index contributed by atoms with van der Waals surface area (Å²) in [5.74, 6) is 0.545. The molecule has 2 aromatic rings. The van der Waals surface area contributed by atoms with Crippen LogP contribution in [0.3, 0.4) is 0 Å². The van der Waals surface area contributed by atoms with Gasteiger partial charge < -0.3 is 5.11 Å². The first-order valence-electron chi connectivity index (χ1n) is 6.47. The van der Waals surface area contributed by atoms with Crippen LogP contribution in [0, 0.1) is 11.7 Å². The molecule has 0 bridgehead atoms. The van der Waals surface area contributed by atoms with Gasteiger partial charge in [0.2, 0.25) is 0 Å². The Hall–Kier alpha value is -1.46. The smallest absolute Gasteiger partial charge is 0.142 e. The number of rotatable bonds is 5. The van der Waals surface area contributed by atoms with Gasteiger partial charge in [0, 0.05) is 18.5 Å². The lowest BCUT2D eigenvalue weighted by atomic mass is 10.1. The van der Waals surface area contributed by atoms with E-state index in [0.29, 0.717) is 17.3 Å². The molecule has 20 heavy (non-hydrogen) atoms. The zero-order valence-corrected chi connectivity index (χ0v) is 12.2. The second-order valence-electron chi connectivity index (χ2n) is 5.12. The van der Waals surface area contributed by atoms with Crippen LogP contribution in [0.2, 0.25) is 5.02 Å². The van der Waals surface area contributed by atoms with E-state index in [0.717, 1.165) is 6.54 Å². The predicted octanol–water partition coefficient (Wildman–Crippen LogP) is 3.00. The summed E-state index contributed by atoms with van der Waals surface area (Å²) < 4.78 is 15.1. The summed E-state index contributed by atoms with van der Waals surface area (Å²) in [6.45, 7) is 4.87. The van der Waals surface area contributed by atoms with Gasteiger partial charge in [-0.2, -0.15) is 5.10 Å². The van der Waals surface area contributed by atoms with Crippen molar-refractivity contribution in [3.63, 3.8) is 0 Å². The van der Waals surface area contributed by atoms with Gasteiger partial charge in [-0.05, 0) is 12.0 Å². The Bertz CT molecular complexity index is 586. The van der Waals surface area contributed by atoms with Crippen molar-refractivity contribution in [2.24, 2.45) is 5.92 Å². The minimum absolute atomic E-state index is 0.0464. The van der Waals surface area contributed by atoms with Crippen molar-refractivity contribution < 1.29 is 9.50 Å². The fraction of sp³-hybridized carbons (Fsp3) is 0.429. The van der Waals surface area contributed by atoms with Crippen LogP contribution in [0.4, 0.5) is 4.39 Å². The SMILES string of the molecule is CC(C)Cn1ncnc1CC(O)c1cccc(F)c1Cl. The van der Waals surface area contributed by atoms with Crippen molar-refractivity contribution in [1.82, 2.24) is 14.8 Å². The molecule has 0 saturated carbocycles. The number of hydrogen-bond acceptors (Lipinski definition) is 3. The Balaban J connectivity index is 2.17. The lowest BCUT2D eigenvalue weighted by molar-refractivity contribution is 0.173. The number of halogens is 2. The Morgan fingerprint density at radius 3 is 2.85 bits per heavy atom. The van der Waals surface area contributed by atoms with E-state index in [9.17, 15) is 9.50 Å². The van der Waals surface area contributed by atoms with Crippen LogP contribution in [-0.2, 0) is 13.0 Å². The molecule has 0 amide bonds. The Labute approximate surface area is 122 Å². The van der Waals surface area contributed by atoms with Crippen molar-refractivity contribution in [3.8, 4) is 0 Å². The van der Waals surface area contributed by atoms with Gasteiger partial charge in [-0.25, -0.2) is 14.1 Å². The van der Waals surface area contributed by atoms with Gasteiger partial charge in [-0.1, -0.05) is 37.6 Å². The first-order valence-corrected chi connectivity index (χ1v) is 6.85.